The van der Waals surface area contributed by atoms with Gasteiger partial charge in [-0.05, 0) is 26.2 Å². The van der Waals surface area contributed by atoms with Gasteiger partial charge >= 0.3 is 12.1 Å². The number of hydrogen-bond donors (Lipinski definition) is 2. The highest BCUT2D eigenvalue weighted by molar-refractivity contribution is 8.01. The van der Waals surface area contributed by atoms with Crippen LogP contribution in [0.1, 0.15) is 43.1 Å². The number of carboxylic acid groups (broad SMARTS) is 1. The molecule has 0 bridgehead atoms. The van der Waals surface area contributed by atoms with Crippen LogP contribution in [0.3, 0.4) is 0 Å². The number of nitrogens with zero attached hydrogens (tertiary/aromatic N) is 2. The summed E-state index contributed by atoms with van der Waals surface area (Å²) < 4.78 is 11.3. The number of hydrogen-bond acceptors (Lipinski definition) is 8. The first-order valence-electron chi connectivity index (χ1n) is 10.1. The maximum Gasteiger partial charge on any atom is 0.410 e. The number of carbonyl (C=O) groups is 2. The van der Waals surface area contributed by atoms with Crippen LogP contribution in [0.4, 0.5) is 4.79 Å². The van der Waals surface area contributed by atoms with Crippen molar-refractivity contribution in [3.05, 3.63) is 23.2 Å². The average Bonchev–Trinajstić information content (AvgIpc) is 3.30. The molecular formula is C20H28N2O6S2. The molecule has 0 radical (unpaired) electrons. The Kier molecular flexibility index (Phi) is 8.15. The molecule has 1 amide bonds. The predicted octanol–water partition coefficient (Wildman–Crippen LogP) is 3.27. The monoisotopic (exact) mass is 456 g/mol. The zero-order chi connectivity index (χ0) is 21.6. The van der Waals surface area contributed by atoms with Crippen LogP contribution in [0.5, 0.6) is 0 Å². The summed E-state index contributed by atoms with van der Waals surface area (Å²) in [5, 5.41) is 21.2. The lowest BCUT2D eigenvalue weighted by Gasteiger charge is -2.44. The molecule has 0 aromatic carbocycles. The third-order valence-corrected chi connectivity index (χ3v) is 7.71. The van der Waals surface area contributed by atoms with Gasteiger partial charge in [-0.15, -0.1) is 11.3 Å². The Morgan fingerprint density at radius 1 is 1.57 bits per heavy atom. The number of carboxylic acids is 1. The summed E-state index contributed by atoms with van der Waals surface area (Å²) in [6.07, 6.45) is 6.65. The molecule has 2 N–H and O–H groups in total. The molecule has 2 heterocycles. The van der Waals surface area contributed by atoms with Crippen molar-refractivity contribution in [2.75, 3.05) is 32.1 Å². The molecule has 1 saturated carbocycles. The second kappa shape index (κ2) is 10.6. The fraction of sp³-hybridized carbons (Fsp3) is 0.650. The Bertz CT molecular complexity index is 764. The van der Waals surface area contributed by atoms with Gasteiger partial charge in [0.05, 0.1) is 12.1 Å². The van der Waals surface area contributed by atoms with Crippen LogP contribution in [0.2, 0.25) is 0 Å². The molecule has 166 valence electrons. The fourth-order valence-electron chi connectivity index (χ4n) is 3.72. The molecule has 1 unspecified atom stereocenters. The summed E-state index contributed by atoms with van der Waals surface area (Å²) in [5.74, 6) is -0.470. The lowest BCUT2D eigenvalue weighted by molar-refractivity contribution is -0.0327. The van der Waals surface area contributed by atoms with Crippen molar-refractivity contribution >= 4 is 35.2 Å². The van der Waals surface area contributed by atoms with Crippen LogP contribution in [0.15, 0.2) is 21.9 Å². The van der Waals surface area contributed by atoms with Crippen molar-refractivity contribution in [3.8, 4) is 0 Å². The minimum atomic E-state index is -1.05. The van der Waals surface area contributed by atoms with Crippen LogP contribution in [0, 0.1) is 5.41 Å². The highest BCUT2D eigenvalue weighted by Crippen LogP contribution is 2.47. The van der Waals surface area contributed by atoms with Crippen molar-refractivity contribution in [2.24, 2.45) is 5.41 Å². The van der Waals surface area contributed by atoms with E-state index in [1.807, 2.05) is 13.0 Å². The quantitative estimate of drug-likeness (QED) is 0.280. The number of rotatable bonds is 12. The lowest BCUT2D eigenvalue weighted by Crippen LogP contribution is -2.42. The molecule has 1 saturated heterocycles. The van der Waals surface area contributed by atoms with Crippen molar-refractivity contribution in [1.82, 2.24) is 9.88 Å². The van der Waals surface area contributed by atoms with Gasteiger partial charge in [0.15, 0.2) is 10.0 Å². The molecule has 10 heteroatoms. The van der Waals surface area contributed by atoms with Gasteiger partial charge in [-0.1, -0.05) is 30.3 Å². The van der Waals surface area contributed by atoms with Crippen molar-refractivity contribution in [2.45, 2.75) is 49.1 Å². The molecule has 1 aromatic heterocycles. The van der Waals surface area contributed by atoms with Gasteiger partial charge in [0, 0.05) is 36.3 Å². The molecule has 8 nitrogen and oxygen atoms in total. The van der Waals surface area contributed by atoms with Crippen molar-refractivity contribution in [3.63, 3.8) is 0 Å². The number of aliphatic hydroxyl groups excluding tert-OH is 1. The highest BCUT2D eigenvalue weighted by Gasteiger charge is 2.42. The summed E-state index contributed by atoms with van der Waals surface area (Å²) in [5.41, 5.74) is -0.0881. The third-order valence-electron chi connectivity index (χ3n) is 5.71. The highest BCUT2D eigenvalue weighted by atomic mass is 32.2. The van der Waals surface area contributed by atoms with Gasteiger partial charge in [-0.3, -0.25) is 4.90 Å². The number of amides is 1. The van der Waals surface area contributed by atoms with Crippen LogP contribution < -0.4 is 0 Å². The summed E-state index contributed by atoms with van der Waals surface area (Å²) >= 11 is 2.68. The summed E-state index contributed by atoms with van der Waals surface area (Å²) in [6.45, 7) is 4.00. The van der Waals surface area contributed by atoms with E-state index in [0.29, 0.717) is 29.9 Å². The maximum absolute atomic E-state index is 12.1. The molecular weight excluding hydrogens is 428 g/mol. The maximum atomic E-state index is 12.1. The first kappa shape index (κ1) is 23.1. The average molecular weight is 457 g/mol. The Balaban J connectivity index is 1.51. The molecule has 30 heavy (non-hydrogen) atoms. The number of carbonyl (C=O) groups excluding carboxylic acids is 1. The first-order valence-corrected chi connectivity index (χ1v) is 12.0. The van der Waals surface area contributed by atoms with Gasteiger partial charge < -0.3 is 19.7 Å². The van der Waals surface area contributed by atoms with E-state index in [9.17, 15) is 14.7 Å². The number of aromatic nitrogens is 1. The van der Waals surface area contributed by atoms with E-state index < -0.39 is 12.1 Å². The minimum absolute atomic E-state index is 0.0344. The summed E-state index contributed by atoms with van der Waals surface area (Å²) in [6, 6.07) is -0.220. The second-order valence-corrected chi connectivity index (χ2v) is 9.68. The van der Waals surface area contributed by atoms with E-state index in [1.165, 1.54) is 28.5 Å². The molecule has 1 aliphatic heterocycles. The molecule has 1 aromatic rings. The smallest absolute Gasteiger partial charge is 0.410 e. The molecule has 2 fully saturated rings. The lowest BCUT2D eigenvalue weighted by atomic mass is 9.63. The van der Waals surface area contributed by atoms with Crippen molar-refractivity contribution < 1.29 is 29.3 Å². The Morgan fingerprint density at radius 3 is 3.00 bits per heavy atom. The first-order chi connectivity index (χ1) is 14.4. The summed E-state index contributed by atoms with van der Waals surface area (Å²) in [4.78, 5) is 28.7. The topological polar surface area (TPSA) is 109 Å². The van der Waals surface area contributed by atoms with Crippen LogP contribution >= 0.6 is 23.1 Å². The van der Waals surface area contributed by atoms with Gasteiger partial charge in [0.1, 0.15) is 6.61 Å². The van der Waals surface area contributed by atoms with Gasteiger partial charge in [0.2, 0.25) is 0 Å². The molecule has 1 aliphatic carbocycles. The Labute approximate surface area is 184 Å². The number of ether oxygens (including phenoxy) is 2. The van der Waals surface area contributed by atoms with E-state index in [1.54, 1.807) is 11.0 Å². The number of thiazole rings is 1. The fourth-order valence-corrected chi connectivity index (χ4v) is 5.53. The minimum Gasteiger partial charge on any atom is -0.476 e. The van der Waals surface area contributed by atoms with Crippen molar-refractivity contribution in [1.29, 1.82) is 0 Å². The van der Waals surface area contributed by atoms with Crippen LogP contribution in [0.25, 0.3) is 0 Å². The standard InChI is InChI=1S/C20H28N2O6S2/c1-2-27-10-8-20(6-3-7-20)16(23)5-4-14-12-28-19(26)22(14)9-11-29-18-21-15(13-30-18)17(24)25/h4-5,13-14,16,23H,2-3,6-12H2,1H3,(H,24,25)/t14-,16?/m0/s1. The zero-order valence-electron chi connectivity index (χ0n) is 17.0. The number of aliphatic hydroxyl groups is 1. The largest absolute Gasteiger partial charge is 0.476 e. The Hall–Kier alpha value is -1.62. The number of cyclic esters (lactones) is 1. The van der Waals surface area contributed by atoms with E-state index in [0.717, 1.165) is 25.7 Å². The van der Waals surface area contributed by atoms with E-state index in [2.05, 4.69) is 4.98 Å². The van der Waals surface area contributed by atoms with Crippen LogP contribution in [-0.4, -0.2) is 76.4 Å². The van der Waals surface area contributed by atoms with Gasteiger partial charge in [-0.2, -0.15) is 0 Å². The van der Waals surface area contributed by atoms with E-state index in [-0.39, 0.29) is 29.9 Å². The van der Waals surface area contributed by atoms with Gasteiger partial charge in [-0.25, -0.2) is 14.6 Å². The van der Waals surface area contributed by atoms with E-state index >= 15 is 0 Å². The molecule has 2 aliphatic rings. The van der Waals surface area contributed by atoms with Crippen LogP contribution in [-0.2, 0) is 9.47 Å². The van der Waals surface area contributed by atoms with E-state index in [4.69, 9.17) is 14.6 Å². The second-order valence-electron chi connectivity index (χ2n) is 7.48. The van der Waals surface area contributed by atoms with Gasteiger partial charge in [0.25, 0.3) is 0 Å². The zero-order valence-corrected chi connectivity index (χ0v) is 18.6. The predicted molar refractivity (Wildman–Crippen MR) is 114 cm³/mol. The number of thioether (sulfide) groups is 1. The molecule has 3 rings (SSSR count). The molecule has 2 atom stereocenters. The molecule has 0 spiro atoms. The normalized spacial score (nSPS) is 21.6. The third kappa shape index (κ3) is 5.54. The number of aromatic carboxylic acids is 1. The SMILES string of the molecule is CCOCCC1(C(O)C=C[C@H]2COC(=O)N2CCSc2nc(C(=O)O)cs2)CCC1. The summed E-state index contributed by atoms with van der Waals surface area (Å²) in [7, 11) is 0. The Morgan fingerprint density at radius 2 is 2.37 bits per heavy atom.